The van der Waals surface area contributed by atoms with Crippen molar-refractivity contribution in [1.29, 1.82) is 0 Å². The van der Waals surface area contributed by atoms with Crippen molar-refractivity contribution in [2.24, 2.45) is 10.8 Å². The van der Waals surface area contributed by atoms with Gasteiger partial charge in [-0.1, -0.05) is 55.4 Å². The summed E-state index contributed by atoms with van der Waals surface area (Å²) < 4.78 is 0.193. The van der Waals surface area contributed by atoms with Gasteiger partial charge < -0.3 is 5.32 Å². The second-order valence-electron chi connectivity index (χ2n) is 8.07. The third-order valence-electron chi connectivity index (χ3n) is 3.98. The van der Waals surface area contributed by atoms with Gasteiger partial charge in [0.25, 0.3) is 0 Å². The van der Waals surface area contributed by atoms with Gasteiger partial charge in [-0.25, -0.2) is 0 Å². The molecule has 1 amide bonds. The summed E-state index contributed by atoms with van der Waals surface area (Å²) in [4.78, 5) is 13.7. The van der Waals surface area contributed by atoms with Crippen LogP contribution in [-0.2, 0) is 4.79 Å². The molecule has 0 atom stereocenters. The van der Waals surface area contributed by atoms with Crippen molar-refractivity contribution in [3.05, 3.63) is 24.3 Å². The van der Waals surface area contributed by atoms with E-state index in [-0.39, 0.29) is 16.1 Å². The maximum atomic E-state index is 12.5. The number of rotatable bonds is 3. The molecule has 0 heterocycles. The fourth-order valence-corrected chi connectivity index (χ4v) is 2.57. The summed E-state index contributed by atoms with van der Waals surface area (Å²) in [6, 6.07) is 8.08. The molecular formula is C18H29NOS. The average molecular weight is 308 g/mol. The van der Waals surface area contributed by atoms with Crippen molar-refractivity contribution in [3.63, 3.8) is 0 Å². The van der Waals surface area contributed by atoms with Gasteiger partial charge >= 0.3 is 0 Å². The van der Waals surface area contributed by atoms with Crippen molar-refractivity contribution in [1.82, 2.24) is 0 Å². The molecule has 1 aromatic rings. The molecule has 118 valence electrons. The summed E-state index contributed by atoms with van der Waals surface area (Å²) in [5, 5.41) is 3.03. The van der Waals surface area contributed by atoms with Gasteiger partial charge in [-0.05, 0) is 29.7 Å². The van der Waals surface area contributed by atoms with Crippen LogP contribution in [0.1, 0.15) is 55.4 Å². The Hall–Kier alpha value is -0.960. The molecule has 1 N–H and O–H groups in total. The number of anilines is 1. The van der Waals surface area contributed by atoms with Gasteiger partial charge in [0.05, 0.1) is 0 Å². The molecule has 0 aliphatic rings. The fourth-order valence-electron chi connectivity index (χ4n) is 1.59. The van der Waals surface area contributed by atoms with Crippen LogP contribution in [0.3, 0.4) is 0 Å². The Morgan fingerprint density at radius 2 is 1.38 bits per heavy atom. The minimum absolute atomic E-state index is 0.0613. The molecule has 0 spiro atoms. The first-order chi connectivity index (χ1) is 9.33. The Morgan fingerprint density at radius 1 is 0.905 bits per heavy atom. The van der Waals surface area contributed by atoms with Crippen molar-refractivity contribution in [2.45, 2.75) is 65.0 Å². The highest BCUT2D eigenvalue weighted by molar-refractivity contribution is 8.00. The molecule has 2 nitrogen and oxygen atoms in total. The molecule has 1 rings (SSSR count). The molecule has 0 unspecified atom stereocenters. The number of thioether (sulfide) groups is 1. The number of hydrogen-bond acceptors (Lipinski definition) is 2. The molecule has 1 aromatic carbocycles. The maximum absolute atomic E-state index is 12.5. The summed E-state index contributed by atoms with van der Waals surface area (Å²) in [5.74, 6) is 0.0613. The molecule has 0 aliphatic carbocycles. The Balaban J connectivity index is 2.79. The third kappa shape index (κ3) is 5.06. The van der Waals surface area contributed by atoms with Crippen molar-refractivity contribution in [3.8, 4) is 0 Å². The quantitative estimate of drug-likeness (QED) is 0.738. The maximum Gasteiger partial charge on any atom is 0.230 e. The van der Waals surface area contributed by atoms with E-state index >= 15 is 0 Å². The van der Waals surface area contributed by atoms with E-state index in [1.54, 1.807) is 0 Å². The van der Waals surface area contributed by atoms with Crippen molar-refractivity contribution < 1.29 is 4.79 Å². The first-order valence-electron chi connectivity index (χ1n) is 7.43. The predicted molar refractivity (Wildman–Crippen MR) is 93.9 cm³/mol. The van der Waals surface area contributed by atoms with E-state index in [0.717, 1.165) is 5.69 Å². The van der Waals surface area contributed by atoms with Crippen molar-refractivity contribution in [2.75, 3.05) is 5.32 Å². The zero-order valence-corrected chi connectivity index (χ0v) is 15.4. The molecule has 0 radical (unpaired) electrons. The van der Waals surface area contributed by atoms with E-state index in [0.29, 0.717) is 0 Å². The predicted octanol–water partition coefficient (Wildman–Crippen LogP) is 5.59. The Bertz CT molecular complexity index is 489. The highest BCUT2D eigenvalue weighted by atomic mass is 32.2. The zero-order chi connectivity index (χ0) is 16.5. The smallest absolute Gasteiger partial charge is 0.230 e. The second kappa shape index (κ2) is 6.04. The zero-order valence-electron chi connectivity index (χ0n) is 14.6. The van der Waals surface area contributed by atoms with Gasteiger partial charge in [-0.2, -0.15) is 0 Å². The van der Waals surface area contributed by atoms with Crippen LogP contribution in [0.15, 0.2) is 29.2 Å². The topological polar surface area (TPSA) is 29.1 Å². The van der Waals surface area contributed by atoms with Gasteiger partial charge in [0.2, 0.25) is 5.91 Å². The monoisotopic (exact) mass is 307 g/mol. The van der Waals surface area contributed by atoms with Gasteiger partial charge in [0.15, 0.2) is 0 Å². The van der Waals surface area contributed by atoms with Crippen LogP contribution in [0, 0.1) is 10.8 Å². The number of hydrogen-bond donors (Lipinski definition) is 1. The largest absolute Gasteiger partial charge is 0.326 e. The van der Waals surface area contributed by atoms with Gasteiger partial charge in [0, 0.05) is 20.7 Å². The first-order valence-corrected chi connectivity index (χ1v) is 8.25. The fraction of sp³-hybridized carbons (Fsp3) is 0.611. The molecule has 0 aliphatic heterocycles. The molecule has 0 saturated heterocycles. The van der Waals surface area contributed by atoms with Crippen LogP contribution < -0.4 is 5.32 Å². The summed E-state index contributed by atoms with van der Waals surface area (Å²) >= 11 is 1.83. The van der Waals surface area contributed by atoms with Crippen LogP contribution in [0.25, 0.3) is 0 Å². The number of nitrogens with one attached hydrogen (secondary N) is 1. The van der Waals surface area contributed by atoms with E-state index in [9.17, 15) is 4.79 Å². The molecule has 0 fully saturated rings. The van der Waals surface area contributed by atoms with Gasteiger partial charge in [-0.15, -0.1) is 11.8 Å². The lowest BCUT2D eigenvalue weighted by Gasteiger charge is -2.37. The number of benzene rings is 1. The minimum Gasteiger partial charge on any atom is -0.326 e. The van der Waals surface area contributed by atoms with E-state index < -0.39 is 5.41 Å². The van der Waals surface area contributed by atoms with Crippen LogP contribution in [-0.4, -0.2) is 10.7 Å². The number of carbonyl (C=O) groups excluding carboxylic acids is 1. The standard InChI is InChI=1S/C18H29NOS/c1-16(2,3)18(7,8)15(20)19-13-9-11-14(12-10-13)21-17(4,5)6/h9-12H,1-8H3,(H,19,20). The molecule has 0 bridgehead atoms. The Kier molecular flexibility index (Phi) is 5.20. The lowest BCUT2D eigenvalue weighted by atomic mass is 9.68. The molecule has 21 heavy (non-hydrogen) atoms. The Morgan fingerprint density at radius 3 is 1.76 bits per heavy atom. The van der Waals surface area contributed by atoms with Crippen LogP contribution in [0.4, 0.5) is 5.69 Å². The van der Waals surface area contributed by atoms with E-state index in [2.05, 4.69) is 59.0 Å². The summed E-state index contributed by atoms with van der Waals surface area (Å²) in [7, 11) is 0. The normalized spacial score (nSPS) is 13.1. The van der Waals surface area contributed by atoms with E-state index in [1.165, 1.54) is 4.90 Å². The Labute approximate surface area is 134 Å². The summed E-state index contributed by atoms with van der Waals surface area (Å²) in [5.41, 5.74) is 0.348. The number of carbonyl (C=O) groups is 1. The lowest BCUT2D eigenvalue weighted by Crippen LogP contribution is -2.41. The molecule has 0 saturated carbocycles. The first kappa shape index (κ1) is 18.1. The van der Waals surface area contributed by atoms with Crippen molar-refractivity contribution >= 4 is 23.4 Å². The summed E-state index contributed by atoms with van der Waals surface area (Å²) in [6.07, 6.45) is 0. The van der Waals surface area contributed by atoms with Crippen LogP contribution in [0.5, 0.6) is 0 Å². The van der Waals surface area contributed by atoms with Crippen LogP contribution in [0.2, 0.25) is 0 Å². The molecule has 3 heteroatoms. The summed E-state index contributed by atoms with van der Waals surface area (Å²) in [6.45, 7) is 16.8. The average Bonchev–Trinajstić information content (AvgIpc) is 2.28. The molecule has 0 aromatic heterocycles. The number of amides is 1. The SMILES string of the molecule is CC(C)(C)Sc1ccc(NC(=O)C(C)(C)C(C)(C)C)cc1. The second-order valence-corrected chi connectivity index (χ2v) is 9.97. The molecular weight excluding hydrogens is 278 g/mol. The highest BCUT2D eigenvalue weighted by Crippen LogP contribution is 2.39. The van der Waals surface area contributed by atoms with Crippen LogP contribution >= 0.6 is 11.8 Å². The van der Waals surface area contributed by atoms with E-state index in [1.807, 2.05) is 37.7 Å². The highest BCUT2D eigenvalue weighted by Gasteiger charge is 2.39. The lowest BCUT2D eigenvalue weighted by molar-refractivity contribution is -0.129. The van der Waals surface area contributed by atoms with Gasteiger partial charge in [0.1, 0.15) is 0 Å². The van der Waals surface area contributed by atoms with E-state index in [4.69, 9.17) is 0 Å². The third-order valence-corrected chi connectivity index (χ3v) is 5.10. The minimum atomic E-state index is -0.425. The van der Waals surface area contributed by atoms with Gasteiger partial charge in [-0.3, -0.25) is 4.79 Å².